The Kier molecular flexibility index (Phi) is 3.92. The van der Waals surface area contributed by atoms with Crippen LogP contribution in [0, 0.1) is 5.92 Å². The first-order valence-corrected chi connectivity index (χ1v) is 6.49. The lowest BCUT2D eigenvalue weighted by molar-refractivity contribution is -0.137. The zero-order chi connectivity index (χ0) is 14.2. The molecule has 19 heavy (non-hydrogen) atoms. The molecule has 1 heterocycles. The van der Waals surface area contributed by atoms with Gasteiger partial charge in [-0.2, -0.15) is 0 Å². The fourth-order valence-corrected chi connectivity index (χ4v) is 2.79. The predicted molar refractivity (Wildman–Crippen MR) is 71.3 cm³/mol. The molecule has 0 bridgehead atoms. The number of rotatable bonds is 0. The lowest BCUT2D eigenvalue weighted by atomic mass is 9.85. The molecule has 2 rings (SSSR count). The van der Waals surface area contributed by atoms with Crippen LogP contribution < -0.4 is 0 Å². The van der Waals surface area contributed by atoms with E-state index in [0.717, 1.165) is 11.1 Å². The molecule has 4 atom stereocenters. The fourth-order valence-electron chi connectivity index (χ4n) is 2.79. The minimum absolute atomic E-state index is 0.329. The van der Waals surface area contributed by atoms with Gasteiger partial charge in [-0.1, -0.05) is 23.8 Å². The minimum atomic E-state index is -0.727. The zero-order valence-corrected chi connectivity index (χ0v) is 11.3. The number of esters is 1. The summed E-state index contributed by atoms with van der Waals surface area (Å²) in [7, 11) is 0. The van der Waals surface area contributed by atoms with E-state index in [0.29, 0.717) is 18.4 Å². The molecule has 0 aromatic rings. The van der Waals surface area contributed by atoms with Crippen molar-refractivity contribution in [1.82, 2.24) is 0 Å². The van der Waals surface area contributed by atoms with E-state index in [1.807, 2.05) is 19.9 Å². The molecule has 0 amide bonds. The molecule has 1 fully saturated rings. The molecular weight excluding hydrogens is 244 g/mol. The van der Waals surface area contributed by atoms with Crippen molar-refractivity contribution in [2.45, 2.75) is 45.0 Å². The second-order valence-corrected chi connectivity index (χ2v) is 5.49. The van der Waals surface area contributed by atoms with Gasteiger partial charge in [0.1, 0.15) is 6.10 Å². The highest BCUT2D eigenvalue weighted by atomic mass is 16.6. The molecule has 0 spiro atoms. The van der Waals surface area contributed by atoms with E-state index in [9.17, 15) is 15.0 Å². The number of aliphatic hydroxyl groups is 2. The topological polar surface area (TPSA) is 66.8 Å². The number of fused-ring (bicyclic) bond motifs is 1. The van der Waals surface area contributed by atoms with Crippen LogP contribution in [0.1, 0.15) is 26.7 Å². The van der Waals surface area contributed by atoms with Crippen molar-refractivity contribution in [3.63, 3.8) is 0 Å². The Hall–Kier alpha value is -1.39. The van der Waals surface area contributed by atoms with Crippen molar-refractivity contribution in [2.24, 2.45) is 5.92 Å². The van der Waals surface area contributed by atoms with Gasteiger partial charge in [0.15, 0.2) is 0 Å². The molecule has 4 heteroatoms. The van der Waals surface area contributed by atoms with Crippen molar-refractivity contribution in [3.05, 3.63) is 35.5 Å². The van der Waals surface area contributed by atoms with Gasteiger partial charge in [0.05, 0.1) is 18.1 Å². The Balaban J connectivity index is 2.36. The lowest BCUT2D eigenvalue weighted by Crippen LogP contribution is -2.29. The second kappa shape index (κ2) is 5.31. The van der Waals surface area contributed by atoms with E-state index >= 15 is 0 Å². The number of ether oxygens (including phenoxy) is 1. The Morgan fingerprint density at radius 3 is 2.53 bits per heavy atom. The molecule has 4 nitrogen and oxygen atoms in total. The molecular formula is C15H20O4. The Labute approximate surface area is 113 Å². The first-order valence-electron chi connectivity index (χ1n) is 6.49. The smallest absolute Gasteiger partial charge is 0.334 e. The summed E-state index contributed by atoms with van der Waals surface area (Å²) in [5, 5.41) is 20.2. The highest BCUT2D eigenvalue weighted by molar-refractivity contribution is 5.91. The summed E-state index contributed by atoms with van der Waals surface area (Å²) in [5.74, 6) is -0.847. The second-order valence-electron chi connectivity index (χ2n) is 5.49. The van der Waals surface area contributed by atoms with Gasteiger partial charge in [0.25, 0.3) is 0 Å². The molecule has 0 saturated carbocycles. The molecule has 2 N–H and O–H groups in total. The lowest BCUT2D eigenvalue weighted by Gasteiger charge is -2.23. The summed E-state index contributed by atoms with van der Waals surface area (Å²) >= 11 is 0. The van der Waals surface area contributed by atoms with Crippen LogP contribution >= 0.6 is 0 Å². The Morgan fingerprint density at radius 1 is 1.21 bits per heavy atom. The van der Waals surface area contributed by atoms with Crippen LogP contribution in [0.15, 0.2) is 35.5 Å². The first kappa shape index (κ1) is 14.0. The van der Waals surface area contributed by atoms with E-state index < -0.39 is 30.2 Å². The summed E-state index contributed by atoms with van der Waals surface area (Å²) in [6.45, 7) is 7.47. The predicted octanol–water partition coefficient (Wildman–Crippen LogP) is 1.49. The van der Waals surface area contributed by atoms with Crippen LogP contribution in [0.3, 0.4) is 0 Å². The SMILES string of the molecule is C=C1C(=O)O[C@@H]2/C=C(\C)C[C@@H](O)/C=C(/C)C[C@@H](O)[C@@H]12. The quantitative estimate of drug-likeness (QED) is 0.395. The summed E-state index contributed by atoms with van der Waals surface area (Å²) in [6, 6.07) is 0. The monoisotopic (exact) mass is 264 g/mol. The van der Waals surface area contributed by atoms with Crippen LogP contribution in [0.2, 0.25) is 0 Å². The fraction of sp³-hybridized carbons (Fsp3) is 0.533. The summed E-state index contributed by atoms with van der Waals surface area (Å²) in [6.07, 6.45) is 2.69. The van der Waals surface area contributed by atoms with Crippen LogP contribution in [0.25, 0.3) is 0 Å². The number of carbonyl (C=O) groups excluding carboxylic acids is 1. The zero-order valence-electron chi connectivity index (χ0n) is 11.3. The van der Waals surface area contributed by atoms with Crippen LogP contribution in [-0.4, -0.2) is 34.5 Å². The molecule has 1 aliphatic carbocycles. The molecule has 104 valence electrons. The maximum atomic E-state index is 11.6. The molecule has 2 aliphatic rings. The van der Waals surface area contributed by atoms with Crippen molar-refractivity contribution >= 4 is 5.97 Å². The molecule has 1 aliphatic heterocycles. The van der Waals surface area contributed by atoms with Crippen LogP contribution in [0.5, 0.6) is 0 Å². The number of aliphatic hydroxyl groups excluding tert-OH is 2. The largest absolute Gasteiger partial charge is 0.454 e. The molecule has 1 saturated heterocycles. The van der Waals surface area contributed by atoms with Crippen LogP contribution in [0.4, 0.5) is 0 Å². The summed E-state index contributed by atoms with van der Waals surface area (Å²) in [5.41, 5.74) is 2.17. The van der Waals surface area contributed by atoms with E-state index in [1.165, 1.54) is 0 Å². The van der Waals surface area contributed by atoms with Crippen molar-refractivity contribution in [1.29, 1.82) is 0 Å². The molecule has 0 radical (unpaired) electrons. The van der Waals surface area contributed by atoms with E-state index in [2.05, 4.69) is 6.58 Å². The van der Waals surface area contributed by atoms with Gasteiger partial charge in [-0.3, -0.25) is 0 Å². The van der Waals surface area contributed by atoms with Gasteiger partial charge in [-0.15, -0.1) is 0 Å². The minimum Gasteiger partial charge on any atom is -0.454 e. The van der Waals surface area contributed by atoms with Crippen LogP contribution in [-0.2, 0) is 9.53 Å². The third-order valence-corrected chi connectivity index (χ3v) is 3.66. The Morgan fingerprint density at radius 2 is 1.84 bits per heavy atom. The van der Waals surface area contributed by atoms with Gasteiger partial charge in [0.2, 0.25) is 0 Å². The third-order valence-electron chi connectivity index (χ3n) is 3.66. The maximum absolute atomic E-state index is 11.6. The highest BCUT2D eigenvalue weighted by Gasteiger charge is 2.42. The van der Waals surface area contributed by atoms with Crippen molar-refractivity contribution in [3.8, 4) is 0 Å². The average molecular weight is 264 g/mol. The number of hydrogen-bond donors (Lipinski definition) is 2. The van der Waals surface area contributed by atoms with Crippen molar-refractivity contribution in [2.75, 3.05) is 0 Å². The molecule has 0 unspecified atom stereocenters. The van der Waals surface area contributed by atoms with Gasteiger partial charge in [-0.25, -0.2) is 4.79 Å². The standard InChI is InChI=1S/C15H20O4/c1-8-4-11(16)5-9(2)7-13-14(12(17)6-8)10(3)15(18)19-13/h4,7,11-14,16-17H,3,5-6H2,1-2H3/b8-4-,9-7+/t11-,12+,13+,14+/m0/s1. The summed E-state index contributed by atoms with van der Waals surface area (Å²) < 4.78 is 5.24. The first-order chi connectivity index (χ1) is 8.88. The number of hydrogen-bond acceptors (Lipinski definition) is 4. The summed E-state index contributed by atoms with van der Waals surface area (Å²) in [4.78, 5) is 11.6. The average Bonchev–Trinajstić information content (AvgIpc) is 2.52. The van der Waals surface area contributed by atoms with E-state index in [4.69, 9.17) is 4.74 Å². The Bertz CT molecular complexity index is 461. The highest BCUT2D eigenvalue weighted by Crippen LogP contribution is 2.34. The van der Waals surface area contributed by atoms with Crippen molar-refractivity contribution < 1.29 is 19.7 Å². The van der Waals surface area contributed by atoms with E-state index in [1.54, 1.807) is 6.08 Å². The van der Waals surface area contributed by atoms with Gasteiger partial charge in [0, 0.05) is 5.57 Å². The molecule has 0 aromatic carbocycles. The third kappa shape index (κ3) is 2.96. The van der Waals surface area contributed by atoms with Gasteiger partial charge < -0.3 is 14.9 Å². The van der Waals surface area contributed by atoms with E-state index in [-0.39, 0.29) is 0 Å². The molecule has 0 aromatic heterocycles. The van der Waals surface area contributed by atoms with Gasteiger partial charge in [-0.05, 0) is 32.8 Å². The van der Waals surface area contributed by atoms with Gasteiger partial charge >= 0.3 is 5.97 Å². The normalized spacial score (nSPS) is 41.7. The maximum Gasteiger partial charge on any atom is 0.334 e. The number of carbonyl (C=O) groups is 1.